The smallest absolute Gasteiger partial charge is 0.184 e. The summed E-state index contributed by atoms with van der Waals surface area (Å²) < 4.78 is 5.35. The zero-order chi connectivity index (χ0) is 15.5. The normalized spacial score (nSPS) is 10.6. The Morgan fingerprint density at radius 3 is 2.68 bits per heavy atom. The number of ketones is 1. The average molecular weight is 294 g/mol. The Kier molecular flexibility index (Phi) is 3.83. The molecule has 0 aliphatic carbocycles. The van der Waals surface area contributed by atoms with Crippen molar-refractivity contribution in [3.8, 4) is 5.75 Å². The predicted octanol–water partition coefficient (Wildman–Crippen LogP) is 3.50. The molecule has 4 nitrogen and oxygen atoms in total. The van der Waals surface area contributed by atoms with E-state index in [-0.39, 0.29) is 5.78 Å². The van der Waals surface area contributed by atoms with E-state index in [9.17, 15) is 4.79 Å². The lowest BCUT2D eigenvalue weighted by Crippen LogP contribution is -2.25. The Bertz CT molecular complexity index is 807. The van der Waals surface area contributed by atoms with E-state index in [4.69, 9.17) is 4.74 Å². The Hall–Kier alpha value is -2.75. The molecular weight excluding hydrogens is 276 g/mol. The lowest BCUT2D eigenvalue weighted by atomic mass is 10.1. The lowest BCUT2D eigenvalue weighted by molar-refractivity contribution is 0.100. The molecule has 112 valence electrons. The molecule has 0 amide bonds. The van der Waals surface area contributed by atoms with Gasteiger partial charge in [-0.25, -0.2) is 0 Å². The fraction of sp³-hybridized carbons (Fsp3) is 0.167. The van der Waals surface area contributed by atoms with Crippen LogP contribution in [0.2, 0.25) is 0 Å². The molecule has 0 atom stereocenters. The first-order valence-corrected chi connectivity index (χ1v) is 7.14. The Morgan fingerprint density at radius 1 is 1.14 bits per heavy atom. The minimum absolute atomic E-state index is 0.0749. The predicted molar refractivity (Wildman–Crippen MR) is 88.9 cm³/mol. The maximum Gasteiger partial charge on any atom is 0.184 e. The third-order valence-corrected chi connectivity index (χ3v) is 3.77. The topological polar surface area (TPSA) is 45.3 Å². The molecule has 1 N–H and O–H groups in total. The van der Waals surface area contributed by atoms with E-state index in [1.54, 1.807) is 13.3 Å². The van der Waals surface area contributed by atoms with Crippen LogP contribution in [0.1, 0.15) is 10.4 Å². The SMILES string of the molecule is COc1ccccc1N(C)CC(=O)c1c[nH]c2ccccc12. The van der Waals surface area contributed by atoms with E-state index in [2.05, 4.69) is 4.98 Å². The monoisotopic (exact) mass is 294 g/mol. The minimum Gasteiger partial charge on any atom is -0.495 e. The van der Waals surface area contributed by atoms with Crippen molar-refractivity contribution in [3.63, 3.8) is 0 Å². The molecule has 1 heterocycles. The number of hydrogen-bond acceptors (Lipinski definition) is 3. The maximum absolute atomic E-state index is 12.6. The number of para-hydroxylation sites is 3. The molecule has 0 radical (unpaired) electrons. The number of fused-ring (bicyclic) bond motifs is 1. The summed E-state index contributed by atoms with van der Waals surface area (Å²) in [5.41, 5.74) is 2.60. The molecule has 0 unspecified atom stereocenters. The molecule has 3 rings (SSSR count). The number of benzene rings is 2. The average Bonchev–Trinajstić information content (AvgIpc) is 2.98. The number of aromatic nitrogens is 1. The van der Waals surface area contributed by atoms with Gasteiger partial charge in [0.25, 0.3) is 0 Å². The lowest BCUT2D eigenvalue weighted by Gasteiger charge is -2.20. The second-order valence-electron chi connectivity index (χ2n) is 5.20. The summed E-state index contributed by atoms with van der Waals surface area (Å²) in [5, 5.41) is 0.959. The summed E-state index contributed by atoms with van der Waals surface area (Å²) in [4.78, 5) is 17.6. The van der Waals surface area contributed by atoms with Crippen molar-refractivity contribution in [3.05, 3.63) is 60.3 Å². The van der Waals surface area contributed by atoms with Crippen molar-refractivity contribution in [2.24, 2.45) is 0 Å². The molecule has 0 aliphatic heterocycles. The number of rotatable bonds is 5. The van der Waals surface area contributed by atoms with Crippen LogP contribution in [0, 0.1) is 0 Å². The maximum atomic E-state index is 12.6. The number of aromatic amines is 1. The zero-order valence-electron chi connectivity index (χ0n) is 12.7. The van der Waals surface area contributed by atoms with Crippen LogP contribution >= 0.6 is 0 Å². The first-order valence-electron chi connectivity index (χ1n) is 7.14. The largest absolute Gasteiger partial charge is 0.495 e. The zero-order valence-corrected chi connectivity index (χ0v) is 12.7. The van der Waals surface area contributed by atoms with Gasteiger partial charge in [-0.05, 0) is 18.2 Å². The van der Waals surface area contributed by atoms with Crippen LogP contribution in [0.3, 0.4) is 0 Å². The Morgan fingerprint density at radius 2 is 1.86 bits per heavy atom. The fourth-order valence-electron chi connectivity index (χ4n) is 2.63. The number of methoxy groups -OCH3 is 1. The second-order valence-corrected chi connectivity index (χ2v) is 5.20. The van der Waals surface area contributed by atoms with Crippen molar-refractivity contribution in [1.82, 2.24) is 4.98 Å². The van der Waals surface area contributed by atoms with Crippen molar-refractivity contribution in [1.29, 1.82) is 0 Å². The minimum atomic E-state index is 0.0749. The molecule has 0 aliphatic rings. The van der Waals surface area contributed by atoms with Crippen LogP contribution in [-0.2, 0) is 0 Å². The number of hydrogen-bond donors (Lipinski definition) is 1. The van der Waals surface area contributed by atoms with Gasteiger partial charge in [-0.15, -0.1) is 0 Å². The molecule has 22 heavy (non-hydrogen) atoms. The molecule has 0 saturated heterocycles. The number of ether oxygens (including phenoxy) is 1. The van der Waals surface area contributed by atoms with Crippen molar-refractivity contribution < 1.29 is 9.53 Å². The van der Waals surface area contributed by atoms with Gasteiger partial charge in [0.05, 0.1) is 19.3 Å². The van der Waals surface area contributed by atoms with E-state index in [1.165, 1.54) is 0 Å². The molecule has 1 aromatic heterocycles. The second kappa shape index (κ2) is 5.93. The van der Waals surface area contributed by atoms with E-state index in [0.29, 0.717) is 6.54 Å². The number of likely N-dealkylation sites (N-methyl/N-ethyl adjacent to an activating group) is 1. The molecule has 3 aromatic rings. The van der Waals surface area contributed by atoms with Gasteiger partial charge in [-0.1, -0.05) is 30.3 Å². The number of nitrogens with zero attached hydrogens (tertiary/aromatic N) is 1. The first-order chi connectivity index (χ1) is 10.7. The van der Waals surface area contributed by atoms with Gasteiger partial charge in [0.15, 0.2) is 5.78 Å². The van der Waals surface area contributed by atoms with E-state index >= 15 is 0 Å². The summed E-state index contributed by atoms with van der Waals surface area (Å²) in [6, 6.07) is 15.5. The summed E-state index contributed by atoms with van der Waals surface area (Å²) in [7, 11) is 3.53. The number of H-pyrrole nitrogens is 1. The van der Waals surface area contributed by atoms with Crippen molar-refractivity contribution in [2.45, 2.75) is 0 Å². The standard InChI is InChI=1S/C18H18N2O2/c1-20(16-9-5-6-10-18(16)22-2)12-17(21)14-11-19-15-8-4-3-7-13(14)15/h3-11,19H,12H2,1-2H3. The van der Waals surface area contributed by atoms with Crippen LogP contribution < -0.4 is 9.64 Å². The van der Waals surface area contributed by atoms with Crippen molar-refractivity contribution in [2.75, 3.05) is 25.6 Å². The van der Waals surface area contributed by atoms with Crippen LogP contribution in [0.15, 0.2) is 54.7 Å². The number of carbonyl (C=O) groups excluding carboxylic acids is 1. The van der Waals surface area contributed by atoms with Gasteiger partial charge < -0.3 is 14.6 Å². The fourth-order valence-corrected chi connectivity index (χ4v) is 2.63. The third kappa shape index (κ3) is 2.55. The summed E-state index contributed by atoms with van der Waals surface area (Å²) in [6.07, 6.45) is 1.78. The summed E-state index contributed by atoms with van der Waals surface area (Å²) in [5.74, 6) is 0.836. The number of carbonyl (C=O) groups is 1. The molecule has 4 heteroatoms. The van der Waals surface area contributed by atoms with Crippen molar-refractivity contribution >= 4 is 22.4 Å². The Labute approximate surface area is 129 Å². The summed E-state index contributed by atoms with van der Waals surface area (Å²) >= 11 is 0. The van der Waals surface area contributed by atoms with E-state index in [1.807, 2.05) is 60.5 Å². The van der Waals surface area contributed by atoms with Gasteiger partial charge in [-0.2, -0.15) is 0 Å². The van der Waals surface area contributed by atoms with Crippen LogP contribution in [0.25, 0.3) is 10.9 Å². The molecule has 0 spiro atoms. The van der Waals surface area contributed by atoms with E-state index < -0.39 is 0 Å². The summed E-state index contributed by atoms with van der Waals surface area (Å²) in [6.45, 7) is 0.294. The molecule has 0 bridgehead atoms. The van der Waals surface area contributed by atoms with Gasteiger partial charge in [0.1, 0.15) is 5.75 Å². The highest BCUT2D eigenvalue weighted by atomic mass is 16.5. The Balaban J connectivity index is 1.85. The highest BCUT2D eigenvalue weighted by molar-refractivity contribution is 6.09. The molecular formula is C18H18N2O2. The highest BCUT2D eigenvalue weighted by Crippen LogP contribution is 2.27. The van der Waals surface area contributed by atoms with Crippen LogP contribution in [0.5, 0.6) is 5.75 Å². The quantitative estimate of drug-likeness (QED) is 0.733. The molecule has 0 fully saturated rings. The van der Waals surface area contributed by atoms with Crippen LogP contribution in [-0.4, -0.2) is 31.5 Å². The number of anilines is 1. The van der Waals surface area contributed by atoms with E-state index in [0.717, 1.165) is 27.9 Å². The van der Waals surface area contributed by atoms with Gasteiger partial charge in [0, 0.05) is 29.7 Å². The molecule has 2 aromatic carbocycles. The number of Topliss-reactive ketones (excluding diaryl/α,β-unsaturated/α-hetero) is 1. The van der Waals surface area contributed by atoms with Crippen LogP contribution in [0.4, 0.5) is 5.69 Å². The van der Waals surface area contributed by atoms with Gasteiger partial charge >= 0.3 is 0 Å². The van der Waals surface area contributed by atoms with Gasteiger partial charge in [-0.3, -0.25) is 4.79 Å². The highest BCUT2D eigenvalue weighted by Gasteiger charge is 2.16. The van der Waals surface area contributed by atoms with Gasteiger partial charge in [0.2, 0.25) is 0 Å². The molecule has 0 saturated carbocycles. The number of nitrogens with one attached hydrogen (secondary N) is 1. The third-order valence-electron chi connectivity index (χ3n) is 3.77. The first kappa shape index (κ1) is 14.2.